The lowest BCUT2D eigenvalue weighted by atomic mass is 9.99. The zero-order chi connectivity index (χ0) is 16.9. The molecule has 0 spiro atoms. The van der Waals surface area contributed by atoms with Crippen LogP contribution in [0, 0.1) is 0 Å². The van der Waals surface area contributed by atoms with E-state index in [0.717, 1.165) is 5.56 Å². The smallest absolute Gasteiger partial charge is 0.465 e. The molecule has 2 aromatic rings. The maximum atomic E-state index is 12.0. The molecule has 2 rings (SSSR count). The number of hydrogen-bond donors (Lipinski definition) is 2. The van der Waals surface area contributed by atoms with Crippen LogP contribution in [0.5, 0.6) is 5.75 Å². The molecule has 0 aliphatic heterocycles. The fourth-order valence-electron chi connectivity index (χ4n) is 2.25. The van der Waals surface area contributed by atoms with Crippen molar-refractivity contribution in [3.05, 3.63) is 65.2 Å². The minimum atomic E-state index is -4.77. The standard InChI is InChI=1S/C16H17O6P/c1-21-16(17)15-13(11-10-12-6-3-2-4-7-12)8-5-9-14(15)22-23(18,19)20/h2-9H,10-11H2,1H3,(H2,18,19,20). The van der Waals surface area contributed by atoms with Crippen molar-refractivity contribution < 1.29 is 28.4 Å². The van der Waals surface area contributed by atoms with E-state index < -0.39 is 13.8 Å². The number of carbonyl (C=O) groups is 1. The Morgan fingerprint density at radius 2 is 1.74 bits per heavy atom. The van der Waals surface area contributed by atoms with E-state index in [-0.39, 0.29) is 11.3 Å². The monoisotopic (exact) mass is 336 g/mol. The molecule has 0 heterocycles. The van der Waals surface area contributed by atoms with Crippen molar-refractivity contribution in [3.63, 3.8) is 0 Å². The van der Waals surface area contributed by atoms with E-state index >= 15 is 0 Å². The molecule has 0 bridgehead atoms. The van der Waals surface area contributed by atoms with Gasteiger partial charge in [0.1, 0.15) is 11.3 Å². The number of hydrogen-bond acceptors (Lipinski definition) is 4. The van der Waals surface area contributed by atoms with Gasteiger partial charge in [-0.15, -0.1) is 0 Å². The van der Waals surface area contributed by atoms with Crippen LogP contribution >= 0.6 is 7.82 Å². The molecule has 0 fully saturated rings. The largest absolute Gasteiger partial charge is 0.524 e. The quantitative estimate of drug-likeness (QED) is 0.622. The van der Waals surface area contributed by atoms with Crippen LogP contribution in [0.15, 0.2) is 48.5 Å². The van der Waals surface area contributed by atoms with Crippen molar-refractivity contribution in [2.45, 2.75) is 12.8 Å². The molecule has 0 amide bonds. The lowest BCUT2D eigenvalue weighted by Gasteiger charge is -2.14. The Bertz CT molecular complexity index is 723. The fraction of sp³-hybridized carbons (Fsp3) is 0.188. The summed E-state index contributed by atoms with van der Waals surface area (Å²) in [6.07, 6.45) is 1.18. The SMILES string of the molecule is COC(=O)c1c(CCc2ccccc2)cccc1OP(=O)(O)O. The van der Waals surface area contributed by atoms with Crippen LogP contribution < -0.4 is 4.52 Å². The van der Waals surface area contributed by atoms with Crippen molar-refractivity contribution in [2.75, 3.05) is 7.11 Å². The number of carbonyl (C=O) groups excluding carboxylic acids is 1. The first-order valence-electron chi connectivity index (χ1n) is 6.90. The third-order valence-corrected chi connectivity index (χ3v) is 3.68. The van der Waals surface area contributed by atoms with Gasteiger partial charge in [0, 0.05) is 0 Å². The minimum Gasteiger partial charge on any atom is -0.465 e. The van der Waals surface area contributed by atoms with Gasteiger partial charge in [0.15, 0.2) is 0 Å². The van der Waals surface area contributed by atoms with E-state index in [9.17, 15) is 9.36 Å². The lowest BCUT2D eigenvalue weighted by Crippen LogP contribution is -2.09. The summed E-state index contributed by atoms with van der Waals surface area (Å²) in [7, 11) is -3.56. The number of esters is 1. The molecule has 23 heavy (non-hydrogen) atoms. The summed E-state index contributed by atoms with van der Waals surface area (Å²) in [5.41, 5.74) is 1.73. The Morgan fingerprint density at radius 3 is 2.35 bits per heavy atom. The molecule has 0 aromatic heterocycles. The summed E-state index contributed by atoms with van der Waals surface area (Å²) in [5.74, 6) is -0.882. The number of ether oxygens (including phenoxy) is 1. The van der Waals surface area contributed by atoms with Gasteiger partial charge < -0.3 is 9.26 Å². The number of rotatable bonds is 6. The van der Waals surface area contributed by atoms with Crippen molar-refractivity contribution >= 4 is 13.8 Å². The van der Waals surface area contributed by atoms with Gasteiger partial charge in [0.05, 0.1) is 7.11 Å². The Hall–Kier alpha value is -2.14. The van der Waals surface area contributed by atoms with Gasteiger partial charge in [0.25, 0.3) is 0 Å². The number of aryl methyl sites for hydroxylation is 2. The highest BCUT2D eigenvalue weighted by Crippen LogP contribution is 2.40. The van der Waals surface area contributed by atoms with Crippen LogP contribution in [0.25, 0.3) is 0 Å². The average molecular weight is 336 g/mol. The molecule has 6 nitrogen and oxygen atoms in total. The molecule has 0 unspecified atom stereocenters. The molecule has 0 saturated heterocycles. The highest BCUT2D eigenvalue weighted by molar-refractivity contribution is 7.46. The van der Waals surface area contributed by atoms with E-state index in [4.69, 9.17) is 14.5 Å². The van der Waals surface area contributed by atoms with Gasteiger partial charge in [-0.25, -0.2) is 9.36 Å². The number of benzene rings is 2. The van der Waals surface area contributed by atoms with Crippen LogP contribution in [-0.4, -0.2) is 22.9 Å². The Balaban J connectivity index is 2.32. The third kappa shape index (κ3) is 4.93. The van der Waals surface area contributed by atoms with E-state index in [0.29, 0.717) is 18.4 Å². The Labute approximate surface area is 133 Å². The highest BCUT2D eigenvalue weighted by Gasteiger charge is 2.24. The number of phosphoric acid groups is 1. The zero-order valence-corrected chi connectivity index (χ0v) is 13.4. The van der Waals surface area contributed by atoms with Crippen LogP contribution in [0.3, 0.4) is 0 Å². The van der Waals surface area contributed by atoms with Gasteiger partial charge in [-0.2, -0.15) is 0 Å². The molecule has 7 heteroatoms. The highest BCUT2D eigenvalue weighted by atomic mass is 31.2. The van der Waals surface area contributed by atoms with Gasteiger partial charge >= 0.3 is 13.8 Å². The van der Waals surface area contributed by atoms with E-state index in [2.05, 4.69) is 4.52 Å². The minimum absolute atomic E-state index is 0.0363. The Morgan fingerprint density at radius 1 is 1.04 bits per heavy atom. The summed E-state index contributed by atoms with van der Waals surface area (Å²) < 4.78 is 20.4. The maximum Gasteiger partial charge on any atom is 0.524 e. The number of methoxy groups -OCH3 is 1. The van der Waals surface area contributed by atoms with Gasteiger partial charge in [0.2, 0.25) is 0 Å². The summed E-state index contributed by atoms with van der Waals surface area (Å²) in [6.45, 7) is 0. The Kier molecular flexibility index (Phi) is 5.55. The molecule has 2 N–H and O–H groups in total. The molecular weight excluding hydrogens is 319 g/mol. The van der Waals surface area contributed by atoms with Gasteiger partial charge in [-0.3, -0.25) is 9.79 Å². The fourth-order valence-corrected chi connectivity index (χ4v) is 2.65. The maximum absolute atomic E-state index is 12.0. The lowest BCUT2D eigenvalue weighted by molar-refractivity contribution is 0.0597. The van der Waals surface area contributed by atoms with Crippen molar-refractivity contribution in [1.29, 1.82) is 0 Å². The molecular formula is C16H17O6P. The zero-order valence-electron chi connectivity index (χ0n) is 12.5. The van der Waals surface area contributed by atoms with Crippen LogP contribution in [0.1, 0.15) is 21.5 Å². The van der Waals surface area contributed by atoms with Crippen molar-refractivity contribution in [1.82, 2.24) is 0 Å². The molecule has 0 atom stereocenters. The van der Waals surface area contributed by atoms with Crippen LogP contribution in [0.2, 0.25) is 0 Å². The second-order valence-corrected chi connectivity index (χ2v) is 6.01. The molecule has 0 aliphatic rings. The van der Waals surface area contributed by atoms with E-state index in [1.165, 1.54) is 13.2 Å². The summed E-state index contributed by atoms with van der Waals surface area (Å²) in [5, 5.41) is 0. The normalized spacial score (nSPS) is 11.1. The third-order valence-electron chi connectivity index (χ3n) is 3.25. The molecule has 122 valence electrons. The summed E-state index contributed by atoms with van der Waals surface area (Å²) in [4.78, 5) is 30.0. The molecule has 0 saturated carbocycles. The first-order chi connectivity index (χ1) is 10.9. The second-order valence-electron chi connectivity index (χ2n) is 4.85. The van der Waals surface area contributed by atoms with Crippen molar-refractivity contribution in [2.24, 2.45) is 0 Å². The molecule has 0 aliphatic carbocycles. The van der Waals surface area contributed by atoms with Gasteiger partial charge in [-0.1, -0.05) is 42.5 Å². The summed E-state index contributed by atoms with van der Waals surface area (Å²) >= 11 is 0. The second kappa shape index (κ2) is 7.42. The number of phosphoric ester groups is 1. The molecule has 0 radical (unpaired) electrons. The first-order valence-corrected chi connectivity index (χ1v) is 8.43. The van der Waals surface area contributed by atoms with Crippen LogP contribution in [0.4, 0.5) is 0 Å². The summed E-state index contributed by atoms with van der Waals surface area (Å²) in [6, 6.07) is 14.3. The van der Waals surface area contributed by atoms with Crippen molar-refractivity contribution in [3.8, 4) is 5.75 Å². The van der Waals surface area contributed by atoms with Gasteiger partial charge in [-0.05, 0) is 30.0 Å². The average Bonchev–Trinajstić information content (AvgIpc) is 2.52. The van der Waals surface area contributed by atoms with Crippen LogP contribution in [-0.2, 0) is 22.1 Å². The first kappa shape index (κ1) is 17.2. The van der Waals surface area contributed by atoms with E-state index in [1.807, 2.05) is 30.3 Å². The predicted molar refractivity (Wildman–Crippen MR) is 84.3 cm³/mol. The predicted octanol–water partition coefficient (Wildman–Crippen LogP) is 2.73. The topological polar surface area (TPSA) is 93.1 Å². The van der Waals surface area contributed by atoms with E-state index in [1.54, 1.807) is 12.1 Å². The molecule has 2 aromatic carbocycles.